The van der Waals surface area contributed by atoms with Gasteiger partial charge in [0.1, 0.15) is 11.5 Å². The highest BCUT2D eigenvalue weighted by Crippen LogP contribution is 2.28. The number of nitrogens with one attached hydrogen (secondary N) is 1. The Morgan fingerprint density at radius 1 is 1.09 bits per heavy atom. The van der Waals surface area contributed by atoms with Crippen molar-refractivity contribution in [1.82, 2.24) is 9.97 Å². The molecule has 0 saturated carbocycles. The highest BCUT2D eigenvalue weighted by molar-refractivity contribution is 7.07. The van der Waals surface area contributed by atoms with Gasteiger partial charge in [0.25, 0.3) is 0 Å². The molecule has 3 aromatic rings. The van der Waals surface area contributed by atoms with Gasteiger partial charge in [-0.2, -0.15) is 0 Å². The lowest BCUT2D eigenvalue weighted by Crippen LogP contribution is -2.02. The van der Waals surface area contributed by atoms with Crippen LogP contribution in [0.3, 0.4) is 0 Å². The van der Waals surface area contributed by atoms with Gasteiger partial charge in [-0.3, -0.25) is 0 Å². The van der Waals surface area contributed by atoms with Crippen LogP contribution in [-0.4, -0.2) is 17.1 Å². The Labute approximate surface area is 132 Å². The lowest BCUT2D eigenvalue weighted by molar-refractivity contribution is 0.412. The quantitative estimate of drug-likeness (QED) is 0.746. The summed E-state index contributed by atoms with van der Waals surface area (Å²) >= 11 is 1.58. The Hall–Kier alpha value is -2.60. The molecule has 0 bridgehead atoms. The first-order valence-electron chi connectivity index (χ1n) is 6.73. The molecule has 0 atom stereocenters. The minimum absolute atomic E-state index is 0.530. The van der Waals surface area contributed by atoms with E-state index in [1.807, 2.05) is 47.3 Å². The molecule has 0 radical (unpaired) electrons. The van der Waals surface area contributed by atoms with E-state index in [4.69, 9.17) is 9.47 Å². The van der Waals surface area contributed by atoms with Gasteiger partial charge < -0.3 is 14.8 Å². The molecule has 0 aliphatic heterocycles. The van der Waals surface area contributed by atoms with Crippen molar-refractivity contribution < 1.29 is 9.47 Å². The van der Waals surface area contributed by atoms with Crippen molar-refractivity contribution in [2.45, 2.75) is 6.54 Å². The number of hydrogen-bond acceptors (Lipinski definition) is 6. The number of pyridine rings is 1. The first-order chi connectivity index (χ1) is 10.8. The zero-order chi connectivity index (χ0) is 15.2. The van der Waals surface area contributed by atoms with Gasteiger partial charge in [0, 0.05) is 11.6 Å². The van der Waals surface area contributed by atoms with Gasteiger partial charge in [0.05, 0.1) is 30.5 Å². The van der Waals surface area contributed by atoms with Crippen molar-refractivity contribution in [3.8, 4) is 17.4 Å². The molecule has 5 nitrogen and oxygen atoms in total. The van der Waals surface area contributed by atoms with E-state index < -0.39 is 0 Å². The maximum atomic E-state index is 5.83. The first-order valence-corrected chi connectivity index (χ1v) is 7.67. The summed E-state index contributed by atoms with van der Waals surface area (Å²) in [5, 5.41) is 5.30. The Balaban J connectivity index is 1.72. The van der Waals surface area contributed by atoms with Crippen LogP contribution in [0.5, 0.6) is 17.4 Å². The second kappa shape index (κ2) is 6.91. The largest absolute Gasteiger partial charge is 0.497 e. The number of aromatic nitrogens is 2. The molecule has 3 rings (SSSR count). The van der Waals surface area contributed by atoms with E-state index in [0.717, 1.165) is 17.1 Å². The van der Waals surface area contributed by atoms with Crippen LogP contribution in [0.4, 0.5) is 5.69 Å². The Morgan fingerprint density at radius 3 is 2.64 bits per heavy atom. The summed E-state index contributed by atoms with van der Waals surface area (Å²) in [5.74, 6) is 2.02. The predicted octanol–water partition coefficient (Wildman–Crippen LogP) is 3.95. The van der Waals surface area contributed by atoms with Crippen LogP contribution in [0.1, 0.15) is 5.69 Å². The number of anilines is 1. The van der Waals surface area contributed by atoms with Gasteiger partial charge in [-0.05, 0) is 36.4 Å². The number of nitrogens with zero attached hydrogens (tertiary/aromatic N) is 2. The zero-order valence-electron chi connectivity index (χ0n) is 12.0. The fourth-order valence-electron chi connectivity index (χ4n) is 1.87. The van der Waals surface area contributed by atoms with E-state index in [1.165, 1.54) is 0 Å². The van der Waals surface area contributed by atoms with Gasteiger partial charge in [-0.25, -0.2) is 9.97 Å². The molecule has 0 aliphatic rings. The average molecular weight is 313 g/mol. The molecule has 1 aromatic carbocycles. The monoisotopic (exact) mass is 313 g/mol. The Morgan fingerprint density at radius 2 is 1.91 bits per heavy atom. The second-order valence-electron chi connectivity index (χ2n) is 4.47. The summed E-state index contributed by atoms with van der Waals surface area (Å²) in [5.41, 5.74) is 3.63. The van der Waals surface area contributed by atoms with Crippen molar-refractivity contribution in [2.24, 2.45) is 0 Å². The Kier molecular flexibility index (Phi) is 4.50. The van der Waals surface area contributed by atoms with Crippen molar-refractivity contribution >= 4 is 17.0 Å². The Bertz CT molecular complexity index is 715. The maximum Gasteiger partial charge on any atom is 0.242 e. The van der Waals surface area contributed by atoms with Gasteiger partial charge in [-0.15, -0.1) is 11.3 Å². The molecule has 22 heavy (non-hydrogen) atoms. The molecule has 6 heteroatoms. The molecule has 112 valence electrons. The molecule has 0 saturated heterocycles. The van der Waals surface area contributed by atoms with E-state index >= 15 is 0 Å². The van der Waals surface area contributed by atoms with Gasteiger partial charge >= 0.3 is 0 Å². The summed E-state index contributed by atoms with van der Waals surface area (Å²) in [6.07, 6.45) is 1.70. The summed E-state index contributed by atoms with van der Waals surface area (Å²) in [6, 6.07) is 11.2. The topological polar surface area (TPSA) is 56.3 Å². The molecule has 0 unspecified atom stereocenters. The second-order valence-corrected chi connectivity index (χ2v) is 5.19. The molecule has 0 spiro atoms. The molecule has 0 aliphatic carbocycles. The van der Waals surface area contributed by atoms with Crippen molar-refractivity contribution in [1.29, 1.82) is 0 Å². The molecule has 2 heterocycles. The standard InChI is InChI=1S/C16H15N3O2S/c1-20-13-4-6-14(7-5-13)21-16-15(3-2-8-17-16)18-9-12-10-22-11-19-12/h2-8,10-11,18H,9H2,1H3. The highest BCUT2D eigenvalue weighted by atomic mass is 32.1. The normalized spacial score (nSPS) is 10.2. The minimum Gasteiger partial charge on any atom is -0.497 e. The lowest BCUT2D eigenvalue weighted by atomic mass is 10.3. The minimum atomic E-state index is 0.530. The summed E-state index contributed by atoms with van der Waals surface area (Å²) < 4.78 is 11.0. The van der Waals surface area contributed by atoms with Crippen LogP contribution in [0.25, 0.3) is 0 Å². The van der Waals surface area contributed by atoms with Crippen molar-refractivity contribution in [3.63, 3.8) is 0 Å². The van der Waals surface area contributed by atoms with Crippen LogP contribution in [0.15, 0.2) is 53.5 Å². The molecular formula is C16H15N3O2S. The highest BCUT2D eigenvalue weighted by Gasteiger charge is 2.06. The van der Waals surface area contributed by atoms with Crippen LogP contribution >= 0.6 is 11.3 Å². The van der Waals surface area contributed by atoms with E-state index in [2.05, 4.69) is 15.3 Å². The third-order valence-corrected chi connectivity index (χ3v) is 3.62. The van der Waals surface area contributed by atoms with Crippen molar-refractivity contribution in [2.75, 3.05) is 12.4 Å². The smallest absolute Gasteiger partial charge is 0.242 e. The third kappa shape index (κ3) is 3.53. The van der Waals surface area contributed by atoms with E-state index in [-0.39, 0.29) is 0 Å². The average Bonchev–Trinajstić information content (AvgIpc) is 3.08. The molecule has 0 fully saturated rings. The molecular weight excluding hydrogens is 298 g/mol. The van der Waals surface area contributed by atoms with Gasteiger partial charge in [0.15, 0.2) is 0 Å². The molecule has 1 N–H and O–H groups in total. The van der Waals surface area contributed by atoms with Gasteiger partial charge in [-0.1, -0.05) is 0 Å². The fraction of sp³-hybridized carbons (Fsp3) is 0.125. The number of rotatable bonds is 6. The number of thiazole rings is 1. The number of ether oxygens (including phenoxy) is 2. The number of hydrogen-bond donors (Lipinski definition) is 1. The van der Waals surface area contributed by atoms with Crippen LogP contribution < -0.4 is 14.8 Å². The summed E-state index contributed by atoms with van der Waals surface area (Å²) in [4.78, 5) is 8.53. The van der Waals surface area contributed by atoms with E-state index in [0.29, 0.717) is 18.2 Å². The maximum absolute atomic E-state index is 5.83. The van der Waals surface area contributed by atoms with Gasteiger partial charge in [0.2, 0.25) is 5.88 Å². The predicted molar refractivity (Wildman–Crippen MR) is 86.7 cm³/mol. The van der Waals surface area contributed by atoms with Crippen LogP contribution in [0, 0.1) is 0 Å². The number of methoxy groups -OCH3 is 1. The number of benzene rings is 1. The van der Waals surface area contributed by atoms with Crippen LogP contribution in [0.2, 0.25) is 0 Å². The third-order valence-electron chi connectivity index (χ3n) is 2.99. The lowest BCUT2D eigenvalue weighted by Gasteiger charge is -2.11. The molecule has 2 aromatic heterocycles. The SMILES string of the molecule is COc1ccc(Oc2ncccc2NCc2cscn2)cc1. The first kappa shape index (κ1) is 14.3. The molecule has 0 amide bonds. The van der Waals surface area contributed by atoms with Crippen LogP contribution in [-0.2, 0) is 6.54 Å². The van der Waals surface area contributed by atoms with Crippen molar-refractivity contribution in [3.05, 3.63) is 59.2 Å². The summed E-state index contributed by atoms with van der Waals surface area (Å²) in [6.45, 7) is 0.633. The van der Waals surface area contributed by atoms with E-state index in [9.17, 15) is 0 Å². The fourth-order valence-corrected chi connectivity index (χ4v) is 2.43. The van der Waals surface area contributed by atoms with E-state index in [1.54, 1.807) is 24.6 Å². The zero-order valence-corrected chi connectivity index (χ0v) is 12.8. The summed E-state index contributed by atoms with van der Waals surface area (Å²) in [7, 11) is 1.63.